The van der Waals surface area contributed by atoms with Gasteiger partial charge in [-0.25, -0.2) is 0 Å². The molecule has 0 spiro atoms. The van der Waals surface area contributed by atoms with Crippen molar-refractivity contribution in [1.29, 1.82) is 0 Å². The van der Waals surface area contributed by atoms with Crippen LogP contribution in [0.3, 0.4) is 0 Å². The van der Waals surface area contributed by atoms with E-state index in [-0.39, 0.29) is 6.04 Å². The Morgan fingerprint density at radius 3 is 2.72 bits per heavy atom. The van der Waals surface area contributed by atoms with Crippen molar-refractivity contribution < 1.29 is 4.79 Å². The van der Waals surface area contributed by atoms with E-state index in [2.05, 4.69) is 22.2 Å². The number of nitrogens with one attached hydrogen (secondary N) is 1. The van der Waals surface area contributed by atoms with Gasteiger partial charge in [-0.3, -0.25) is 4.79 Å². The first-order valence-corrected chi connectivity index (χ1v) is 7.48. The molecule has 1 aliphatic carbocycles. The number of rotatable bonds is 1. The molecule has 2 atom stereocenters. The number of hydrogen-bond acceptors (Lipinski definition) is 3. The molecule has 1 saturated carbocycles. The predicted octanol–water partition coefficient (Wildman–Crippen LogP) is 0.681. The second-order valence-corrected chi connectivity index (χ2v) is 6.23. The summed E-state index contributed by atoms with van der Waals surface area (Å²) in [5, 5.41) is 3.54. The van der Waals surface area contributed by atoms with Crippen LogP contribution in [-0.2, 0) is 4.79 Å². The number of fused-ring (bicyclic) bond motifs is 1. The van der Waals surface area contributed by atoms with Crippen LogP contribution >= 0.6 is 0 Å². The number of likely N-dealkylation sites (N-methyl/N-ethyl adjacent to an activating group) is 1. The molecule has 2 unspecified atom stereocenters. The fraction of sp³-hybridized carbons (Fsp3) is 0.929. The number of carbonyl (C=O) groups is 1. The average Bonchev–Trinajstić information content (AvgIpc) is 2.40. The standard InChI is InChI=1S/C14H25N3O/c1-16-7-8-17-12(10-16)9-15-13(14(17)18)11-5-3-2-4-6-11/h11-13,15H,2-10H2,1H3. The topological polar surface area (TPSA) is 35.6 Å². The van der Waals surface area contributed by atoms with Crippen LogP contribution in [-0.4, -0.2) is 61.0 Å². The number of amides is 1. The van der Waals surface area contributed by atoms with Gasteiger partial charge in [0.2, 0.25) is 5.91 Å². The summed E-state index contributed by atoms with van der Waals surface area (Å²) in [5.74, 6) is 0.970. The highest BCUT2D eigenvalue weighted by atomic mass is 16.2. The molecule has 3 aliphatic rings. The number of nitrogens with zero attached hydrogens (tertiary/aromatic N) is 2. The van der Waals surface area contributed by atoms with Gasteiger partial charge in [0, 0.05) is 26.2 Å². The lowest BCUT2D eigenvalue weighted by Gasteiger charge is -2.47. The fourth-order valence-corrected chi connectivity index (χ4v) is 3.84. The van der Waals surface area contributed by atoms with Gasteiger partial charge in [0.05, 0.1) is 12.1 Å². The van der Waals surface area contributed by atoms with Crippen LogP contribution in [0, 0.1) is 5.92 Å². The fourth-order valence-electron chi connectivity index (χ4n) is 3.84. The summed E-state index contributed by atoms with van der Waals surface area (Å²) in [4.78, 5) is 17.1. The van der Waals surface area contributed by atoms with Gasteiger partial charge >= 0.3 is 0 Å². The second kappa shape index (κ2) is 5.17. The second-order valence-electron chi connectivity index (χ2n) is 6.23. The molecule has 2 saturated heterocycles. The SMILES string of the molecule is CN1CCN2C(=O)C(C3CCCCC3)NCC2C1. The van der Waals surface area contributed by atoms with Crippen LogP contribution in [0.4, 0.5) is 0 Å². The Bertz CT molecular complexity index is 314. The van der Waals surface area contributed by atoms with Gasteiger partial charge in [0.15, 0.2) is 0 Å². The predicted molar refractivity (Wildman–Crippen MR) is 71.4 cm³/mol. The third-order valence-electron chi connectivity index (χ3n) is 4.93. The Kier molecular flexibility index (Phi) is 3.57. The molecule has 4 heteroatoms. The van der Waals surface area contributed by atoms with Crippen molar-refractivity contribution >= 4 is 5.91 Å². The number of hydrogen-bond donors (Lipinski definition) is 1. The first-order chi connectivity index (χ1) is 8.75. The molecule has 4 nitrogen and oxygen atoms in total. The van der Waals surface area contributed by atoms with E-state index in [1.54, 1.807) is 0 Å². The Balaban J connectivity index is 1.66. The van der Waals surface area contributed by atoms with E-state index in [4.69, 9.17) is 0 Å². The monoisotopic (exact) mass is 251 g/mol. The Labute approximate surface area is 110 Å². The van der Waals surface area contributed by atoms with Gasteiger partial charge in [-0.05, 0) is 25.8 Å². The van der Waals surface area contributed by atoms with E-state index >= 15 is 0 Å². The van der Waals surface area contributed by atoms with E-state index in [0.717, 1.165) is 26.2 Å². The molecule has 0 bridgehead atoms. The molecule has 1 amide bonds. The van der Waals surface area contributed by atoms with E-state index in [9.17, 15) is 4.79 Å². The third-order valence-corrected chi connectivity index (χ3v) is 4.93. The molecule has 2 aliphatic heterocycles. The third kappa shape index (κ3) is 2.28. The molecule has 3 rings (SSSR count). The summed E-state index contributed by atoms with van der Waals surface area (Å²) >= 11 is 0. The summed E-state index contributed by atoms with van der Waals surface area (Å²) in [6.45, 7) is 3.96. The molecule has 0 aromatic rings. The van der Waals surface area contributed by atoms with Crippen molar-refractivity contribution in [2.75, 3.05) is 33.2 Å². The van der Waals surface area contributed by atoms with Crippen molar-refractivity contribution in [3.8, 4) is 0 Å². The molecule has 2 heterocycles. The maximum absolute atomic E-state index is 12.6. The number of carbonyl (C=O) groups excluding carboxylic acids is 1. The Morgan fingerprint density at radius 1 is 1.17 bits per heavy atom. The molecule has 1 N–H and O–H groups in total. The van der Waals surface area contributed by atoms with Crippen LogP contribution in [0.15, 0.2) is 0 Å². The van der Waals surface area contributed by atoms with Gasteiger partial charge in [0.1, 0.15) is 0 Å². The lowest BCUT2D eigenvalue weighted by atomic mass is 9.82. The Hall–Kier alpha value is -0.610. The molecule has 0 aromatic heterocycles. The quantitative estimate of drug-likeness (QED) is 0.744. The zero-order chi connectivity index (χ0) is 12.5. The van der Waals surface area contributed by atoms with E-state index < -0.39 is 0 Å². The lowest BCUT2D eigenvalue weighted by molar-refractivity contribution is -0.143. The van der Waals surface area contributed by atoms with Gasteiger partial charge in [-0.1, -0.05) is 19.3 Å². The van der Waals surface area contributed by atoms with Crippen molar-refractivity contribution in [3.05, 3.63) is 0 Å². The van der Waals surface area contributed by atoms with Crippen LogP contribution < -0.4 is 5.32 Å². The summed E-state index contributed by atoms with van der Waals surface area (Å²) in [6.07, 6.45) is 6.45. The largest absolute Gasteiger partial charge is 0.334 e. The van der Waals surface area contributed by atoms with Crippen molar-refractivity contribution in [1.82, 2.24) is 15.1 Å². The number of piperazine rings is 2. The Morgan fingerprint density at radius 2 is 1.94 bits per heavy atom. The van der Waals surface area contributed by atoms with Gasteiger partial charge in [-0.2, -0.15) is 0 Å². The summed E-state index contributed by atoms with van der Waals surface area (Å²) in [5.41, 5.74) is 0. The minimum absolute atomic E-state index is 0.116. The molecule has 102 valence electrons. The van der Waals surface area contributed by atoms with Crippen molar-refractivity contribution in [2.45, 2.75) is 44.2 Å². The molecule has 0 radical (unpaired) electrons. The first-order valence-electron chi connectivity index (χ1n) is 7.48. The van der Waals surface area contributed by atoms with Crippen LogP contribution in [0.5, 0.6) is 0 Å². The summed E-state index contributed by atoms with van der Waals surface area (Å²) in [7, 11) is 2.15. The zero-order valence-electron chi connectivity index (χ0n) is 11.4. The lowest BCUT2D eigenvalue weighted by Crippen LogP contribution is -2.67. The molecular weight excluding hydrogens is 226 g/mol. The normalized spacial score (nSPS) is 35.6. The minimum atomic E-state index is 0.116. The maximum Gasteiger partial charge on any atom is 0.240 e. The maximum atomic E-state index is 12.6. The van der Waals surface area contributed by atoms with Crippen LogP contribution in [0.25, 0.3) is 0 Å². The van der Waals surface area contributed by atoms with Crippen molar-refractivity contribution in [2.24, 2.45) is 5.92 Å². The molecule has 18 heavy (non-hydrogen) atoms. The van der Waals surface area contributed by atoms with E-state index in [0.29, 0.717) is 17.9 Å². The highest BCUT2D eigenvalue weighted by Gasteiger charge is 2.40. The van der Waals surface area contributed by atoms with E-state index in [1.807, 2.05) is 0 Å². The van der Waals surface area contributed by atoms with Crippen molar-refractivity contribution in [3.63, 3.8) is 0 Å². The van der Waals surface area contributed by atoms with Gasteiger partial charge < -0.3 is 15.1 Å². The summed E-state index contributed by atoms with van der Waals surface area (Å²) < 4.78 is 0. The van der Waals surface area contributed by atoms with Gasteiger partial charge in [0.25, 0.3) is 0 Å². The minimum Gasteiger partial charge on any atom is -0.334 e. The molecular formula is C14H25N3O. The highest BCUT2D eigenvalue weighted by Crippen LogP contribution is 2.29. The zero-order valence-corrected chi connectivity index (χ0v) is 11.4. The average molecular weight is 251 g/mol. The first kappa shape index (κ1) is 12.4. The van der Waals surface area contributed by atoms with Crippen LogP contribution in [0.2, 0.25) is 0 Å². The van der Waals surface area contributed by atoms with Gasteiger partial charge in [-0.15, -0.1) is 0 Å². The molecule has 3 fully saturated rings. The highest BCUT2D eigenvalue weighted by molar-refractivity contribution is 5.83. The van der Waals surface area contributed by atoms with E-state index in [1.165, 1.54) is 32.1 Å². The molecule has 0 aromatic carbocycles. The summed E-state index contributed by atoms with van der Waals surface area (Å²) in [6, 6.07) is 0.515. The van der Waals surface area contributed by atoms with Crippen LogP contribution in [0.1, 0.15) is 32.1 Å². The smallest absolute Gasteiger partial charge is 0.240 e.